The third kappa shape index (κ3) is 4.50. The number of carbonyl (C=O) groups excluding carboxylic acids is 1. The van der Waals surface area contributed by atoms with E-state index in [4.69, 9.17) is 0 Å². The normalized spacial score (nSPS) is 11.6. The fraction of sp³-hybridized carbons (Fsp3) is 0.143. The SMILES string of the molecule is O=C(Nc1ccsc1)NC(Cc1ccc(O)cc1)C(=O)O. The quantitative estimate of drug-likeness (QED) is 0.681. The second-order valence-corrected chi connectivity index (χ2v) is 5.15. The number of phenolic OH excluding ortho intramolecular Hbond substituents is 1. The predicted molar refractivity (Wildman–Crippen MR) is 79.7 cm³/mol. The molecule has 21 heavy (non-hydrogen) atoms. The molecule has 0 aliphatic carbocycles. The molecule has 1 aromatic carbocycles. The van der Waals surface area contributed by atoms with Crippen molar-refractivity contribution >= 4 is 29.0 Å². The van der Waals surface area contributed by atoms with E-state index in [2.05, 4.69) is 10.6 Å². The largest absolute Gasteiger partial charge is 0.508 e. The summed E-state index contributed by atoms with van der Waals surface area (Å²) in [7, 11) is 0. The van der Waals surface area contributed by atoms with Crippen LogP contribution in [-0.4, -0.2) is 28.3 Å². The molecule has 0 aliphatic rings. The van der Waals surface area contributed by atoms with Gasteiger partial charge >= 0.3 is 12.0 Å². The predicted octanol–water partition coefficient (Wildman–Crippen LogP) is 2.27. The van der Waals surface area contributed by atoms with Crippen LogP contribution >= 0.6 is 11.3 Å². The monoisotopic (exact) mass is 306 g/mol. The van der Waals surface area contributed by atoms with Gasteiger partial charge in [-0.3, -0.25) is 0 Å². The van der Waals surface area contributed by atoms with Gasteiger partial charge in [0, 0.05) is 11.8 Å². The van der Waals surface area contributed by atoms with Gasteiger partial charge in [-0.1, -0.05) is 12.1 Å². The number of rotatable bonds is 5. The Balaban J connectivity index is 1.97. The highest BCUT2D eigenvalue weighted by molar-refractivity contribution is 7.08. The number of carboxylic acid groups (broad SMARTS) is 1. The second-order valence-electron chi connectivity index (χ2n) is 4.37. The molecule has 0 radical (unpaired) electrons. The molecule has 110 valence electrons. The van der Waals surface area contributed by atoms with E-state index >= 15 is 0 Å². The molecule has 4 N–H and O–H groups in total. The number of hydrogen-bond donors (Lipinski definition) is 4. The van der Waals surface area contributed by atoms with Crippen molar-refractivity contribution in [2.24, 2.45) is 0 Å². The Labute approximate surface area is 125 Å². The van der Waals surface area contributed by atoms with E-state index in [0.29, 0.717) is 11.3 Å². The number of aromatic hydroxyl groups is 1. The van der Waals surface area contributed by atoms with Crippen LogP contribution in [0.15, 0.2) is 41.1 Å². The lowest BCUT2D eigenvalue weighted by atomic mass is 10.1. The number of benzene rings is 1. The van der Waals surface area contributed by atoms with Gasteiger partial charge in [-0.2, -0.15) is 11.3 Å². The van der Waals surface area contributed by atoms with E-state index in [9.17, 15) is 19.8 Å². The van der Waals surface area contributed by atoms with Gasteiger partial charge in [-0.15, -0.1) is 0 Å². The zero-order valence-electron chi connectivity index (χ0n) is 10.9. The number of carbonyl (C=O) groups is 2. The Hall–Kier alpha value is -2.54. The van der Waals surface area contributed by atoms with Crippen molar-refractivity contribution in [1.29, 1.82) is 0 Å². The van der Waals surface area contributed by atoms with Crippen LogP contribution in [0.1, 0.15) is 5.56 Å². The highest BCUT2D eigenvalue weighted by Crippen LogP contribution is 2.13. The summed E-state index contributed by atoms with van der Waals surface area (Å²) in [6, 6.07) is 6.28. The highest BCUT2D eigenvalue weighted by atomic mass is 32.1. The number of aliphatic carboxylic acids is 1. The third-order valence-corrected chi connectivity index (χ3v) is 3.44. The summed E-state index contributed by atoms with van der Waals surface area (Å²) < 4.78 is 0. The van der Waals surface area contributed by atoms with Crippen molar-refractivity contribution in [3.63, 3.8) is 0 Å². The number of urea groups is 1. The molecule has 2 aromatic rings. The first-order valence-corrected chi connectivity index (χ1v) is 7.09. The molecule has 0 saturated heterocycles. The van der Waals surface area contributed by atoms with Crippen LogP contribution in [-0.2, 0) is 11.2 Å². The van der Waals surface area contributed by atoms with Crippen LogP contribution in [0.2, 0.25) is 0 Å². The van der Waals surface area contributed by atoms with Gasteiger partial charge < -0.3 is 20.8 Å². The number of thiophene rings is 1. The number of phenols is 1. The minimum atomic E-state index is -1.12. The Morgan fingerprint density at radius 2 is 1.90 bits per heavy atom. The summed E-state index contributed by atoms with van der Waals surface area (Å²) in [6.07, 6.45) is 0.132. The van der Waals surface area contributed by atoms with Crippen molar-refractivity contribution in [3.8, 4) is 5.75 Å². The molecule has 1 atom stereocenters. The Morgan fingerprint density at radius 3 is 2.48 bits per heavy atom. The first-order chi connectivity index (χ1) is 10.0. The van der Waals surface area contributed by atoms with Gasteiger partial charge in [-0.25, -0.2) is 9.59 Å². The van der Waals surface area contributed by atoms with Gasteiger partial charge in [0.15, 0.2) is 0 Å². The standard InChI is InChI=1S/C14H14N2O4S/c17-11-3-1-9(2-4-11)7-12(13(18)19)16-14(20)15-10-5-6-21-8-10/h1-6,8,12,17H,7H2,(H,18,19)(H2,15,16,20). The molecule has 1 aromatic heterocycles. The van der Waals surface area contributed by atoms with Crippen LogP contribution in [0.5, 0.6) is 5.75 Å². The summed E-state index contributed by atoms with van der Waals surface area (Å²) >= 11 is 1.43. The molecule has 0 spiro atoms. The lowest BCUT2D eigenvalue weighted by Crippen LogP contribution is -2.44. The van der Waals surface area contributed by atoms with Crippen molar-refractivity contribution in [2.75, 3.05) is 5.32 Å². The molecule has 0 saturated carbocycles. The summed E-state index contributed by atoms with van der Waals surface area (Å²) in [4.78, 5) is 23.0. The lowest BCUT2D eigenvalue weighted by molar-refractivity contribution is -0.139. The zero-order valence-corrected chi connectivity index (χ0v) is 11.8. The minimum absolute atomic E-state index is 0.105. The van der Waals surface area contributed by atoms with E-state index < -0.39 is 18.0 Å². The number of carboxylic acids is 1. The molecule has 6 nitrogen and oxygen atoms in total. The van der Waals surface area contributed by atoms with E-state index in [1.165, 1.54) is 23.5 Å². The van der Waals surface area contributed by atoms with Gasteiger partial charge in [0.2, 0.25) is 0 Å². The molecule has 1 unspecified atom stereocenters. The van der Waals surface area contributed by atoms with E-state index in [1.807, 2.05) is 0 Å². The fourth-order valence-corrected chi connectivity index (χ4v) is 2.32. The summed E-state index contributed by atoms with van der Waals surface area (Å²) in [6.45, 7) is 0. The molecule has 2 rings (SSSR count). The van der Waals surface area contributed by atoms with Gasteiger partial charge in [0.05, 0.1) is 5.69 Å². The molecule has 1 heterocycles. The van der Waals surface area contributed by atoms with Crippen molar-refractivity contribution < 1.29 is 19.8 Å². The van der Waals surface area contributed by atoms with Gasteiger partial charge in [0.25, 0.3) is 0 Å². The van der Waals surface area contributed by atoms with E-state index in [1.54, 1.807) is 29.0 Å². The fourth-order valence-electron chi connectivity index (χ4n) is 1.73. The van der Waals surface area contributed by atoms with Crippen LogP contribution in [0, 0.1) is 0 Å². The maximum atomic E-state index is 11.7. The Kier molecular flexibility index (Phi) is 4.78. The molecule has 0 bridgehead atoms. The number of hydrogen-bond acceptors (Lipinski definition) is 4. The average Bonchev–Trinajstić information content (AvgIpc) is 2.93. The molecule has 2 amide bonds. The first kappa shape index (κ1) is 14.9. The number of nitrogens with one attached hydrogen (secondary N) is 2. The van der Waals surface area contributed by atoms with Crippen molar-refractivity contribution in [1.82, 2.24) is 5.32 Å². The molecule has 0 aliphatic heterocycles. The Morgan fingerprint density at radius 1 is 1.19 bits per heavy atom. The van der Waals surface area contributed by atoms with Crippen molar-refractivity contribution in [2.45, 2.75) is 12.5 Å². The average molecular weight is 306 g/mol. The molecule has 7 heteroatoms. The summed E-state index contributed by atoms with van der Waals surface area (Å²) in [5, 5.41) is 26.9. The van der Waals surface area contributed by atoms with E-state index in [0.717, 1.165) is 0 Å². The van der Waals surface area contributed by atoms with Gasteiger partial charge in [0.1, 0.15) is 11.8 Å². The van der Waals surface area contributed by atoms with Crippen LogP contribution < -0.4 is 10.6 Å². The van der Waals surface area contributed by atoms with Crippen LogP contribution in [0.4, 0.5) is 10.5 Å². The highest BCUT2D eigenvalue weighted by Gasteiger charge is 2.20. The van der Waals surface area contributed by atoms with Crippen LogP contribution in [0.25, 0.3) is 0 Å². The second kappa shape index (κ2) is 6.76. The number of anilines is 1. The topological polar surface area (TPSA) is 98.7 Å². The molecular weight excluding hydrogens is 292 g/mol. The maximum absolute atomic E-state index is 11.7. The third-order valence-electron chi connectivity index (χ3n) is 2.76. The summed E-state index contributed by atoms with van der Waals surface area (Å²) in [5.41, 5.74) is 1.32. The minimum Gasteiger partial charge on any atom is -0.508 e. The van der Waals surface area contributed by atoms with Crippen LogP contribution in [0.3, 0.4) is 0 Å². The zero-order chi connectivity index (χ0) is 15.2. The van der Waals surface area contributed by atoms with E-state index in [-0.39, 0.29) is 12.2 Å². The summed E-state index contributed by atoms with van der Waals surface area (Å²) in [5.74, 6) is -1.02. The first-order valence-electron chi connectivity index (χ1n) is 6.15. The van der Waals surface area contributed by atoms with Crippen molar-refractivity contribution in [3.05, 3.63) is 46.7 Å². The number of amides is 2. The lowest BCUT2D eigenvalue weighted by Gasteiger charge is -2.15. The smallest absolute Gasteiger partial charge is 0.326 e. The maximum Gasteiger partial charge on any atom is 0.326 e. The van der Waals surface area contributed by atoms with Gasteiger partial charge in [-0.05, 0) is 29.1 Å². The molecule has 0 fully saturated rings. The molecular formula is C14H14N2O4S. The Bertz CT molecular complexity index is 610.